The second-order valence-electron chi connectivity index (χ2n) is 5.60. The number of nitrogens with zero attached hydrogens (tertiary/aromatic N) is 2. The summed E-state index contributed by atoms with van der Waals surface area (Å²) in [5.74, 6) is 0.788. The highest BCUT2D eigenvalue weighted by Crippen LogP contribution is 2.25. The summed E-state index contributed by atoms with van der Waals surface area (Å²) in [5, 5.41) is 0. The number of halogens is 1. The van der Waals surface area contributed by atoms with Crippen molar-refractivity contribution in [3.8, 4) is 0 Å². The molecule has 1 aromatic heterocycles. The van der Waals surface area contributed by atoms with Crippen LogP contribution in [0.4, 0.5) is 4.39 Å². The molecule has 1 unspecified atom stereocenters. The number of carbonyl (C=O) groups is 1. The van der Waals surface area contributed by atoms with Gasteiger partial charge in [-0.2, -0.15) is 4.39 Å². The maximum absolute atomic E-state index is 12.8. The van der Waals surface area contributed by atoms with Crippen LogP contribution in [0.2, 0.25) is 0 Å². The number of likely N-dealkylation sites (tertiary alicyclic amines) is 1. The molecule has 0 aromatic carbocycles. The van der Waals surface area contributed by atoms with Crippen LogP contribution >= 0.6 is 0 Å². The quantitative estimate of drug-likeness (QED) is 0.769. The molecular weight excluding hydrogens is 243 g/mol. The van der Waals surface area contributed by atoms with Crippen molar-refractivity contribution < 1.29 is 9.18 Å². The Morgan fingerprint density at radius 1 is 1.37 bits per heavy atom. The number of hydrogen-bond donors (Lipinski definition) is 0. The molecule has 1 aromatic rings. The molecule has 0 bridgehead atoms. The highest BCUT2D eigenvalue weighted by molar-refractivity contribution is 5.93. The largest absolute Gasteiger partial charge is 0.339 e. The van der Waals surface area contributed by atoms with Crippen LogP contribution in [0.15, 0.2) is 18.3 Å². The first kappa shape index (κ1) is 14.0. The van der Waals surface area contributed by atoms with Crippen molar-refractivity contribution in [2.45, 2.75) is 33.1 Å². The van der Waals surface area contributed by atoms with E-state index in [2.05, 4.69) is 18.8 Å². The molecule has 1 amide bonds. The number of rotatable bonds is 2. The van der Waals surface area contributed by atoms with Gasteiger partial charge in [-0.05, 0) is 43.2 Å². The van der Waals surface area contributed by atoms with Crippen LogP contribution in [0.25, 0.3) is 0 Å². The Morgan fingerprint density at radius 3 is 2.79 bits per heavy atom. The number of amides is 1. The Hall–Kier alpha value is -1.45. The molecule has 104 valence electrons. The zero-order valence-corrected chi connectivity index (χ0v) is 11.6. The van der Waals surface area contributed by atoms with Crippen molar-refractivity contribution in [3.05, 3.63) is 29.8 Å². The van der Waals surface area contributed by atoms with Crippen LogP contribution in [-0.4, -0.2) is 28.9 Å². The van der Waals surface area contributed by atoms with Crippen LogP contribution in [0.5, 0.6) is 0 Å². The normalized spacial score (nSPS) is 20.4. The van der Waals surface area contributed by atoms with E-state index in [-0.39, 0.29) is 5.91 Å². The second-order valence-corrected chi connectivity index (χ2v) is 5.60. The third-order valence-electron chi connectivity index (χ3n) is 3.98. The number of pyridine rings is 1. The van der Waals surface area contributed by atoms with Crippen molar-refractivity contribution in [1.29, 1.82) is 0 Å². The molecule has 0 aliphatic carbocycles. The van der Waals surface area contributed by atoms with Crippen molar-refractivity contribution in [3.63, 3.8) is 0 Å². The van der Waals surface area contributed by atoms with E-state index in [1.807, 2.05) is 4.90 Å². The lowest BCUT2D eigenvalue weighted by Crippen LogP contribution is -2.32. The molecule has 0 saturated carbocycles. The van der Waals surface area contributed by atoms with Gasteiger partial charge >= 0.3 is 0 Å². The fourth-order valence-corrected chi connectivity index (χ4v) is 2.68. The van der Waals surface area contributed by atoms with E-state index in [1.54, 1.807) is 0 Å². The van der Waals surface area contributed by atoms with Gasteiger partial charge in [0, 0.05) is 19.3 Å². The van der Waals surface area contributed by atoms with Gasteiger partial charge in [-0.3, -0.25) is 4.79 Å². The van der Waals surface area contributed by atoms with Crippen LogP contribution in [0.1, 0.15) is 43.5 Å². The average molecular weight is 264 g/mol. The first-order valence-electron chi connectivity index (χ1n) is 6.98. The van der Waals surface area contributed by atoms with Gasteiger partial charge in [0.1, 0.15) is 0 Å². The zero-order chi connectivity index (χ0) is 13.8. The molecule has 3 nitrogen and oxygen atoms in total. The number of aromatic nitrogens is 1. The van der Waals surface area contributed by atoms with Gasteiger partial charge in [0.15, 0.2) is 0 Å². The standard InChI is InChI=1S/C15H21FN2O/c1-11(2)12-4-3-8-18(9-7-12)15(19)13-5-6-14(16)17-10-13/h5-6,10-12H,3-4,7-9H2,1-2H3. The summed E-state index contributed by atoms with van der Waals surface area (Å²) < 4.78 is 12.8. The third kappa shape index (κ3) is 3.52. The molecule has 1 aliphatic rings. The van der Waals surface area contributed by atoms with Gasteiger partial charge in [-0.25, -0.2) is 4.98 Å². The van der Waals surface area contributed by atoms with Crippen molar-refractivity contribution in [1.82, 2.24) is 9.88 Å². The monoisotopic (exact) mass is 264 g/mol. The molecular formula is C15H21FN2O. The molecule has 19 heavy (non-hydrogen) atoms. The molecule has 0 radical (unpaired) electrons. The fourth-order valence-electron chi connectivity index (χ4n) is 2.68. The Kier molecular flexibility index (Phi) is 4.51. The minimum atomic E-state index is -0.549. The minimum absolute atomic E-state index is 0.0306. The number of carbonyl (C=O) groups excluding carboxylic acids is 1. The Morgan fingerprint density at radius 2 is 2.16 bits per heavy atom. The summed E-state index contributed by atoms with van der Waals surface area (Å²) >= 11 is 0. The zero-order valence-electron chi connectivity index (χ0n) is 11.6. The molecule has 0 spiro atoms. The lowest BCUT2D eigenvalue weighted by molar-refractivity contribution is 0.0758. The lowest BCUT2D eigenvalue weighted by Gasteiger charge is -2.21. The molecule has 2 rings (SSSR count). The predicted molar refractivity (Wildman–Crippen MR) is 72.3 cm³/mol. The van der Waals surface area contributed by atoms with E-state index in [9.17, 15) is 9.18 Å². The highest BCUT2D eigenvalue weighted by Gasteiger charge is 2.23. The highest BCUT2D eigenvalue weighted by atomic mass is 19.1. The van der Waals surface area contributed by atoms with Gasteiger partial charge in [-0.1, -0.05) is 13.8 Å². The smallest absolute Gasteiger partial charge is 0.255 e. The molecule has 1 atom stereocenters. The Balaban J connectivity index is 2.02. The molecule has 2 heterocycles. The van der Waals surface area contributed by atoms with E-state index in [0.29, 0.717) is 17.4 Å². The van der Waals surface area contributed by atoms with E-state index in [1.165, 1.54) is 24.8 Å². The molecule has 0 N–H and O–H groups in total. The number of hydrogen-bond acceptors (Lipinski definition) is 2. The Labute approximate surface area is 113 Å². The van der Waals surface area contributed by atoms with Gasteiger partial charge in [0.2, 0.25) is 5.95 Å². The van der Waals surface area contributed by atoms with Crippen molar-refractivity contribution >= 4 is 5.91 Å². The van der Waals surface area contributed by atoms with E-state index < -0.39 is 5.95 Å². The molecule has 1 saturated heterocycles. The van der Waals surface area contributed by atoms with E-state index in [4.69, 9.17) is 0 Å². The first-order valence-corrected chi connectivity index (χ1v) is 6.98. The summed E-state index contributed by atoms with van der Waals surface area (Å²) in [7, 11) is 0. The van der Waals surface area contributed by atoms with Crippen LogP contribution in [0.3, 0.4) is 0 Å². The minimum Gasteiger partial charge on any atom is -0.339 e. The summed E-state index contributed by atoms with van der Waals surface area (Å²) in [4.78, 5) is 17.7. The second kappa shape index (κ2) is 6.13. The van der Waals surface area contributed by atoms with Crippen molar-refractivity contribution in [2.75, 3.05) is 13.1 Å². The average Bonchev–Trinajstić information content (AvgIpc) is 2.64. The SMILES string of the molecule is CC(C)C1CCCN(C(=O)c2ccc(F)nc2)CC1. The van der Waals surface area contributed by atoms with Crippen LogP contribution < -0.4 is 0 Å². The first-order chi connectivity index (χ1) is 9.08. The van der Waals surface area contributed by atoms with Gasteiger partial charge in [0.25, 0.3) is 5.91 Å². The van der Waals surface area contributed by atoms with Crippen molar-refractivity contribution in [2.24, 2.45) is 11.8 Å². The van der Waals surface area contributed by atoms with Crippen LogP contribution in [-0.2, 0) is 0 Å². The van der Waals surface area contributed by atoms with Crippen LogP contribution in [0, 0.1) is 17.8 Å². The Bertz CT molecular complexity index is 430. The lowest BCUT2D eigenvalue weighted by atomic mass is 9.89. The summed E-state index contributed by atoms with van der Waals surface area (Å²) in [5.41, 5.74) is 0.476. The molecule has 1 aliphatic heterocycles. The predicted octanol–water partition coefficient (Wildman–Crippen LogP) is 3.12. The maximum atomic E-state index is 12.8. The summed E-state index contributed by atoms with van der Waals surface area (Å²) in [6.07, 6.45) is 4.60. The molecule has 1 fully saturated rings. The van der Waals surface area contributed by atoms with Gasteiger partial charge in [0.05, 0.1) is 5.56 Å². The summed E-state index contributed by atoms with van der Waals surface area (Å²) in [6, 6.07) is 2.75. The van der Waals surface area contributed by atoms with Gasteiger partial charge in [-0.15, -0.1) is 0 Å². The van der Waals surface area contributed by atoms with E-state index in [0.717, 1.165) is 25.9 Å². The maximum Gasteiger partial charge on any atom is 0.255 e. The van der Waals surface area contributed by atoms with Gasteiger partial charge < -0.3 is 4.90 Å². The fraction of sp³-hybridized carbons (Fsp3) is 0.600. The topological polar surface area (TPSA) is 33.2 Å². The van der Waals surface area contributed by atoms with E-state index >= 15 is 0 Å². The molecule has 4 heteroatoms. The summed E-state index contributed by atoms with van der Waals surface area (Å²) in [6.45, 7) is 6.07. The third-order valence-corrected chi connectivity index (χ3v) is 3.98.